The van der Waals surface area contributed by atoms with Crippen LogP contribution in [0, 0.1) is 11.8 Å². The van der Waals surface area contributed by atoms with E-state index in [1.165, 1.54) is 4.90 Å². The summed E-state index contributed by atoms with van der Waals surface area (Å²) in [5.41, 5.74) is 1.75. The molecule has 2 N–H and O–H groups in total. The standard InChI is InChI=1S/C28H36N2O4S/c1-33-22-4-7-24(8-5-22)35-16-15-30-14-12-20(21(18-30)19-31)3-10-28(32)25-11-13-29-27-9-6-23(34-2)17-26(25)27/h4-9,11,13,17,20-21,28,31-32H,3,10,12,14-16,18-19H2,1-2H3/t20-,21-,28?/m1/s1. The monoisotopic (exact) mass is 496 g/mol. The van der Waals surface area contributed by atoms with Crippen LogP contribution in [0.2, 0.25) is 0 Å². The van der Waals surface area contributed by atoms with E-state index >= 15 is 0 Å². The molecular weight excluding hydrogens is 460 g/mol. The Hall–Kier alpha value is -2.32. The van der Waals surface area contributed by atoms with Gasteiger partial charge in [0.1, 0.15) is 11.5 Å². The number of thioether (sulfide) groups is 1. The number of methoxy groups -OCH3 is 2. The third-order valence-electron chi connectivity index (χ3n) is 7.10. The third-order valence-corrected chi connectivity index (χ3v) is 8.09. The molecule has 1 unspecified atom stereocenters. The summed E-state index contributed by atoms with van der Waals surface area (Å²) in [6.07, 6.45) is 3.81. The molecule has 0 radical (unpaired) electrons. The molecule has 4 rings (SSSR count). The zero-order valence-electron chi connectivity index (χ0n) is 20.6. The molecule has 188 valence electrons. The van der Waals surface area contributed by atoms with Crippen molar-refractivity contribution in [3.63, 3.8) is 0 Å². The molecule has 0 saturated carbocycles. The summed E-state index contributed by atoms with van der Waals surface area (Å²) in [5.74, 6) is 3.33. The number of ether oxygens (including phenoxy) is 2. The Labute approximate surface area is 212 Å². The molecule has 0 aliphatic carbocycles. The van der Waals surface area contributed by atoms with Crippen LogP contribution in [0.25, 0.3) is 10.9 Å². The van der Waals surface area contributed by atoms with Crippen molar-refractivity contribution in [2.75, 3.05) is 46.2 Å². The first kappa shape index (κ1) is 25.8. The van der Waals surface area contributed by atoms with E-state index in [0.717, 1.165) is 66.2 Å². The molecule has 6 nitrogen and oxygen atoms in total. The molecule has 35 heavy (non-hydrogen) atoms. The van der Waals surface area contributed by atoms with Crippen molar-refractivity contribution in [2.24, 2.45) is 11.8 Å². The Balaban J connectivity index is 1.28. The number of nitrogens with zero attached hydrogens (tertiary/aromatic N) is 2. The Morgan fingerprint density at radius 2 is 1.83 bits per heavy atom. The fraction of sp³-hybridized carbons (Fsp3) is 0.464. The predicted molar refractivity (Wildman–Crippen MR) is 141 cm³/mol. The molecule has 3 aromatic rings. The van der Waals surface area contributed by atoms with Crippen molar-refractivity contribution >= 4 is 22.7 Å². The number of fused-ring (bicyclic) bond motifs is 1. The van der Waals surface area contributed by atoms with Gasteiger partial charge in [0.15, 0.2) is 0 Å². The highest BCUT2D eigenvalue weighted by molar-refractivity contribution is 7.99. The van der Waals surface area contributed by atoms with Crippen molar-refractivity contribution in [3.05, 3.63) is 60.3 Å². The van der Waals surface area contributed by atoms with Crippen molar-refractivity contribution in [1.82, 2.24) is 9.88 Å². The van der Waals surface area contributed by atoms with Gasteiger partial charge in [0, 0.05) is 41.9 Å². The number of hydrogen-bond acceptors (Lipinski definition) is 7. The topological polar surface area (TPSA) is 75.1 Å². The maximum absolute atomic E-state index is 11.0. The van der Waals surface area contributed by atoms with Gasteiger partial charge in [-0.15, -0.1) is 11.8 Å². The smallest absolute Gasteiger partial charge is 0.119 e. The van der Waals surface area contributed by atoms with Crippen LogP contribution in [-0.2, 0) is 0 Å². The lowest BCUT2D eigenvalue weighted by Crippen LogP contribution is -2.43. The molecule has 1 fully saturated rings. The largest absolute Gasteiger partial charge is 0.497 e. The zero-order valence-corrected chi connectivity index (χ0v) is 21.4. The SMILES string of the molecule is COc1ccc(SCCN2CC[C@@H](CCC(O)c3ccnc4ccc(OC)cc34)[C@@H](CO)C2)cc1. The third kappa shape index (κ3) is 6.67. The lowest BCUT2D eigenvalue weighted by atomic mass is 9.81. The first-order valence-corrected chi connectivity index (χ1v) is 13.3. The number of hydrogen-bond donors (Lipinski definition) is 2. The number of pyridine rings is 1. The predicted octanol–water partition coefficient (Wildman–Crippen LogP) is 4.79. The van der Waals surface area contributed by atoms with E-state index in [-0.39, 0.29) is 12.5 Å². The van der Waals surface area contributed by atoms with Gasteiger partial charge >= 0.3 is 0 Å². The highest BCUT2D eigenvalue weighted by atomic mass is 32.2. The summed E-state index contributed by atoms with van der Waals surface area (Å²) in [7, 11) is 3.33. The first-order chi connectivity index (χ1) is 17.1. The van der Waals surface area contributed by atoms with Crippen molar-refractivity contribution < 1.29 is 19.7 Å². The van der Waals surface area contributed by atoms with Gasteiger partial charge in [-0.2, -0.15) is 0 Å². The highest BCUT2D eigenvalue weighted by Gasteiger charge is 2.29. The highest BCUT2D eigenvalue weighted by Crippen LogP contribution is 2.33. The normalized spacial score (nSPS) is 19.5. The van der Waals surface area contributed by atoms with E-state index in [9.17, 15) is 10.2 Å². The first-order valence-electron chi connectivity index (χ1n) is 12.3. The maximum atomic E-state index is 11.0. The molecular formula is C28H36N2O4S. The van der Waals surface area contributed by atoms with Crippen LogP contribution in [0.1, 0.15) is 30.9 Å². The van der Waals surface area contributed by atoms with Crippen LogP contribution in [0.15, 0.2) is 59.6 Å². The number of piperidine rings is 1. The van der Waals surface area contributed by atoms with Gasteiger partial charge < -0.3 is 24.6 Å². The molecule has 1 aliphatic rings. The fourth-order valence-corrected chi connectivity index (χ4v) is 5.92. The van der Waals surface area contributed by atoms with E-state index in [4.69, 9.17) is 9.47 Å². The zero-order chi connectivity index (χ0) is 24.6. The molecule has 0 amide bonds. The molecule has 1 aliphatic heterocycles. The van der Waals surface area contributed by atoms with Crippen LogP contribution in [0.5, 0.6) is 11.5 Å². The Bertz CT molecular complexity index is 1080. The second kappa shape index (κ2) is 12.6. The van der Waals surface area contributed by atoms with Gasteiger partial charge in [-0.05, 0) is 91.7 Å². The van der Waals surface area contributed by atoms with Gasteiger partial charge in [0.25, 0.3) is 0 Å². The van der Waals surface area contributed by atoms with E-state index in [0.29, 0.717) is 12.3 Å². The van der Waals surface area contributed by atoms with Gasteiger partial charge in [0.05, 0.1) is 25.8 Å². The van der Waals surface area contributed by atoms with Crippen LogP contribution in [0.4, 0.5) is 0 Å². The van der Waals surface area contributed by atoms with Crippen molar-refractivity contribution in [3.8, 4) is 11.5 Å². The lowest BCUT2D eigenvalue weighted by Gasteiger charge is -2.38. The number of likely N-dealkylation sites (tertiary alicyclic amines) is 1. The van der Waals surface area contributed by atoms with Gasteiger partial charge in [-0.25, -0.2) is 0 Å². The van der Waals surface area contributed by atoms with E-state index in [1.807, 2.05) is 48.2 Å². The minimum absolute atomic E-state index is 0.193. The number of aliphatic hydroxyl groups excluding tert-OH is 2. The second-order valence-corrected chi connectivity index (χ2v) is 10.4. The Morgan fingerprint density at radius 3 is 2.57 bits per heavy atom. The lowest BCUT2D eigenvalue weighted by molar-refractivity contribution is 0.0608. The van der Waals surface area contributed by atoms with Gasteiger partial charge in [-0.1, -0.05) is 0 Å². The molecule has 2 aromatic carbocycles. The minimum atomic E-state index is -0.564. The Morgan fingerprint density at radius 1 is 1.06 bits per heavy atom. The second-order valence-electron chi connectivity index (χ2n) is 9.19. The quantitative estimate of drug-likeness (QED) is 0.370. The molecule has 2 heterocycles. The summed E-state index contributed by atoms with van der Waals surface area (Å²) >= 11 is 1.85. The van der Waals surface area contributed by atoms with Gasteiger partial charge in [0.2, 0.25) is 0 Å². The summed E-state index contributed by atoms with van der Waals surface area (Å²) in [6, 6.07) is 15.8. The van der Waals surface area contributed by atoms with Crippen LogP contribution >= 0.6 is 11.8 Å². The summed E-state index contributed by atoms with van der Waals surface area (Å²) in [6.45, 7) is 3.15. The molecule has 1 saturated heterocycles. The van der Waals surface area contributed by atoms with Gasteiger partial charge in [-0.3, -0.25) is 4.98 Å². The Kier molecular flexibility index (Phi) is 9.26. The number of aliphatic hydroxyl groups is 2. The average molecular weight is 497 g/mol. The molecule has 1 aromatic heterocycles. The summed E-state index contributed by atoms with van der Waals surface area (Å²) in [5, 5.41) is 22.0. The summed E-state index contributed by atoms with van der Waals surface area (Å²) in [4.78, 5) is 8.13. The van der Waals surface area contributed by atoms with Crippen molar-refractivity contribution in [1.29, 1.82) is 0 Å². The maximum Gasteiger partial charge on any atom is 0.119 e. The fourth-order valence-electron chi connectivity index (χ4n) is 5.00. The molecule has 0 bridgehead atoms. The van der Waals surface area contributed by atoms with E-state index in [1.54, 1.807) is 20.4 Å². The number of aromatic nitrogens is 1. The van der Waals surface area contributed by atoms with Crippen LogP contribution in [0.3, 0.4) is 0 Å². The number of benzene rings is 2. The number of rotatable bonds is 11. The van der Waals surface area contributed by atoms with Crippen LogP contribution in [-0.4, -0.2) is 66.3 Å². The average Bonchev–Trinajstić information content (AvgIpc) is 2.91. The minimum Gasteiger partial charge on any atom is -0.497 e. The van der Waals surface area contributed by atoms with E-state index in [2.05, 4.69) is 22.0 Å². The molecule has 0 spiro atoms. The van der Waals surface area contributed by atoms with E-state index < -0.39 is 6.10 Å². The molecule has 3 atom stereocenters. The van der Waals surface area contributed by atoms with Crippen molar-refractivity contribution in [2.45, 2.75) is 30.3 Å². The van der Waals surface area contributed by atoms with Crippen LogP contribution < -0.4 is 9.47 Å². The molecule has 7 heteroatoms. The summed E-state index contributed by atoms with van der Waals surface area (Å²) < 4.78 is 10.6.